The topological polar surface area (TPSA) is 40.5 Å². The molecule has 0 spiro atoms. The van der Waals surface area contributed by atoms with Gasteiger partial charge in [0, 0.05) is 0 Å². The second-order valence-electron chi connectivity index (χ2n) is 6.19. The molecule has 0 heterocycles. The maximum Gasteiger partial charge on any atom is 0.488 e. The van der Waals surface area contributed by atoms with Crippen LogP contribution in [-0.4, -0.2) is 17.2 Å². The van der Waals surface area contributed by atoms with E-state index in [0.29, 0.717) is 11.8 Å². The molecule has 0 atom stereocenters. The van der Waals surface area contributed by atoms with Crippen molar-refractivity contribution in [3.8, 4) is 0 Å². The Hall–Kier alpha value is -0.795. The first kappa shape index (κ1) is 13.2. The molecule has 2 saturated carbocycles. The van der Waals surface area contributed by atoms with E-state index in [0.717, 1.165) is 5.46 Å². The second-order valence-corrected chi connectivity index (χ2v) is 6.19. The van der Waals surface area contributed by atoms with Crippen molar-refractivity contribution in [2.24, 2.45) is 0 Å². The molecule has 19 heavy (non-hydrogen) atoms. The van der Waals surface area contributed by atoms with E-state index in [9.17, 15) is 10.0 Å². The van der Waals surface area contributed by atoms with E-state index in [1.54, 1.807) is 0 Å². The van der Waals surface area contributed by atoms with Crippen molar-refractivity contribution in [2.75, 3.05) is 0 Å². The van der Waals surface area contributed by atoms with Crippen molar-refractivity contribution in [2.45, 2.75) is 63.2 Å². The van der Waals surface area contributed by atoms with Crippen molar-refractivity contribution in [1.29, 1.82) is 0 Å². The van der Waals surface area contributed by atoms with Crippen LogP contribution in [0.15, 0.2) is 18.2 Å². The third kappa shape index (κ3) is 2.59. The molecule has 3 rings (SSSR count). The van der Waals surface area contributed by atoms with Crippen LogP contribution in [-0.2, 0) is 0 Å². The zero-order valence-electron chi connectivity index (χ0n) is 11.5. The van der Waals surface area contributed by atoms with Gasteiger partial charge in [0.15, 0.2) is 0 Å². The van der Waals surface area contributed by atoms with Crippen molar-refractivity contribution < 1.29 is 10.0 Å². The Morgan fingerprint density at radius 2 is 1.42 bits per heavy atom. The van der Waals surface area contributed by atoms with E-state index in [1.165, 1.54) is 62.5 Å². The summed E-state index contributed by atoms with van der Waals surface area (Å²) in [5, 5.41) is 19.4. The lowest BCUT2D eigenvalue weighted by molar-refractivity contribution is 0.424. The number of rotatable bonds is 3. The summed E-state index contributed by atoms with van der Waals surface area (Å²) < 4.78 is 0. The molecule has 0 aliphatic heterocycles. The fourth-order valence-electron chi connectivity index (χ4n) is 4.11. The highest BCUT2D eigenvalue weighted by atomic mass is 16.4. The monoisotopic (exact) mass is 258 g/mol. The molecule has 1 aromatic carbocycles. The van der Waals surface area contributed by atoms with Gasteiger partial charge in [0.2, 0.25) is 0 Å². The highest BCUT2D eigenvalue weighted by molar-refractivity contribution is 6.59. The first-order valence-corrected chi connectivity index (χ1v) is 7.76. The molecule has 0 aromatic heterocycles. The summed E-state index contributed by atoms with van der Waals surface area (Å²) in [6.45, 7) is 0. The second kappa shape index (κ2) is 5.68. The molecule has 2 N–H and O–H groups in total. The minimum atomic E-state index is -1.32. The summed E-state index contributed by atoms with van der Waals surface area (Å²) in [5.41, 5.74) is 3.45. The van der Waals surface area contributed by atoms with E-state index in [-0.39, 0.29) is 0 Å². The van der Waals surface area contributed by atoms with Gasteiger partial charge in [-0.15, -0.1) is 0 Å². The molecule has 0 amide bonds. The Labute approximate surface area is 116 Å². The van der Waals surface area contributed by atoms with Crippen LogP contribution >= 0.6 is 0 Å². The molecular formula is C16H23BO2. The molecule has 2 nitrogen and oxygen atoms in total. The van der Waals surface area contributed by atoms with Crippen molar-refractivity contribution in [3.05, 3.63) is 29.3 Å². The van der Waals surface area contributed by atoms with E-state index in [4.69, 9.17) is 0 Å². The molecule has 0 unspecified atom stereocenters. The predicted octanol–water partition coefficient (Wildman–Crippen LogP) is 2.68. The average Bonchev–Trinajstić information content (AvgIpc) is 3.11. The molecule has 0 saturated heterocycles. The van der Waals surface area contributed by atoms with Crippen LogP contribution in [0.1, 0.15) is 74.3 Å². The quantitative estimate of drug-likeness (QED) is 0.818. The predicted molar refractivity (Wildman–Crippen MR) is 78.7 cm³/mol. The molecular weight excluding hydrogens is 235 g/mol. The first-order chi connectivity index (χ1) is 9.27. The highest BCUT2D eigenvalue weighted by Gasteiger charge is 2.30. The van der Waals surface area contributed by atoms with Gasteiger partial charge in [0.25, 0.3) is 0 Å². The summed E-state index contributed by atoms with van der Waals surface area (Å²) in [5.74, 6) is 1.20. The third-order valence-electron chi connectivity index (χ3n) is 5.01. The van der Waals surface area contributed by atoms with Gasteiger partial charge in [-0.3, -0.25) is 0 Å². The van der Waals surface area contributed by atoms with Gasteiger partial charge in [-0.1, -0.05) is 43.9 Å². The molecule has 1 aromatic rings. The zero-order valence-corrected chi connectivity index (χ0v) is 11.5. The molecule has 3 heteroatoms. The van der Waals surface area contributed by atoms with Crippen LogP contribution in [0.5, 0.6) is 0 Å². The lowest BCUT2D eigenvalue weighted by Crippen LogP contribution is -2.35. The van der Waals surface area contributed by atoms with Crippen LogP contribution in [0, 0.1) is 0 Å². The lowest BCUT2D eigenvalue weighted by atomic mass is 9.70. The van der Waals surface area contributed by atoms with Crippen LogP contribution in [0.2, 0.25) is 0 Å². The normalized spacial score (nSPS) is 21.2. The van der Waals surface area contributed by atoms with Crippen molar-refractivity contribution in [1.82, 2.24) is 0 Å². The Bertz CT molecular complexity index is 432. The summed E-state index contributed by atoms with van der Waals surface area (Å²) >= 11 is 0. The Kier molecular flexibility index (Phi) is 3.95. The van der Waals surface area contributed by atoms with Crippen LogP contribution in [0.4, 0.5) is 0 Å². The largest absolute Gasteiger partial charge is 0.488 e. The van der Waals surface area contributed by atoms with E-state index in [2.05, 4.69) is 6.07 Å². The maximum absolute atomic E-state index is 9.69. The van der Waals surface area contributed by atoms with Gasteiger partial charge >= 0.3 is 7.12 Å². The van der Waals surface area contributed by atoms with Crippen LogP contribution in [0.25, 0.3) is 0 Å². The molecule has 0 radical (unpaired) electrons. The fourth-order valence-corrected chi connectivity index (χ4v) is 4.11. The SMILES string of the molecule is OB(O)c1cccc(C2CCCC2)c1C1CCCC1. The summed E-state index contributed by atoms with van der Waals surface area (Å²) in [6, 6.07) is 6.13. The highest BCUT2D eigenvalue weighted by Crippen LogP contribution is 2.41. The van der Waals surface area contributed by atoms with Gasteiger partial charge in [0.1, 0.15) is 0 Å². The zero-order chi connectivity index (χ0) is 13.2. The number of hydrogen-bond acceptors (Lipinski definition) is 2. The van der Waals surface area contributed by atoms with E-state index < -0.39 is 7.12 Å². The fraction of sp³-hybridized carbons (Fsp3) is 0.625. The Morgan fingerprint density at radius 1 is 0.842 bits per heavy atom. The number of hydrogen-bond donors (Lipinski definition) is 2. The smallest absolute Gasteiger partial charge is 0.423 e. The van der Waals surface area contributed by atoms with Crippen LogP contribution < -0.4 is 5.46 Å². The van der Waals surface area contributed by atoms with Gasteiger partial charge < -0.3 is 10.0 Å². The summed E-state index contributed by atoms with van der Waals surface area (Å²) in [6.07, 6.45) is 10.2. The molecule has 0 bridgehead atoms. The van der Waals surface area contributed by atoms with Crippen LogP contribution in [0.3, 0.4) is 0 Å². The lowest BCUT2D eigenvalue weighted by Gasteiger charge is -2.23. The molecule has 2 fully saturated rings. The average molecular weight is 258 g/mol. The summed E-state index contributed by atoms with van der Waals surface area (Å²) in [4.78, 5) is 0. The molecule has 102 valence electrons. The Balaban J connectivity index is 2.03. The Morgan fingerprint density at radius 3 is 2.00 bits per heavy atom. The first-order valence-electron chi connectivity index (χ1n) is 7.76. The van der Waals surface area contributed by atoms with E-state index >= 15 is 0 Å². The van der Waals surface area contributed by atoms with Gasteiger partial charge in [-0.05, 0) is 54.1 Å². The minimum absolute atomic E-state index is 0.550. The maximum atomic E-state index is 9.69. The van der Waals surface area contributed by atoms with Crippen molar-refractivity contribution >= 4 is 12.6 Å². The molecule has 2 aliphatic carbocycles. The van der Waals surface area contributed by atoms with Gasteiger partial charge in [-0.25, -0.2) is 0 Å². The van der Waals surface area contributed by atoms with Gasteiger partial charge in [0.05, 0.1) is 0 Å². The van der Waals surface area contributed by atoms with Gasteiger partial charge in [-0.2, -0.15) is 0 Å². The number of benzene rings is 1. The van der Waals surface area contributed by atoms with Crippen molar-refractivity contribution in [3.63, 3.8) is 0 Å². The summed E-state index contributed by atoms with van der Waals surface area (Å²) in [7, 11) is -1.32. The standard InChI is InChI=1S/C16H23BO2/c18-17(19)15-11-5-10-14(12-6-1-2-7-12)16(15)13-8-3-4-9-13/h5,10-13,18-19H,1-4,6-9H2. The third-order valence-corrected chi connectivity index (χ3v) is 5.01. The van der Waals surface area contributed by atoms with E-state index in [1.807, 2.05) is 12.1 Å². The minimum Gasteiger partial charge on any atom is -0.423 e. The molecule has 2 aliphatic rings.